The molecule has 0 saturated heterocycles. The fraction of sp³-hybridized carbons (Fsp3) is 0.125. The molecule has 2 N–H and O–H groups in total. The van der Waals surface area contributed by atoms with Crippen molar-refractivity contribution in [1.29, 1.82) is 0 Å². The first-order valence-corrected chi connectivity index (χ1v) is 4.26. The summed E-state index contributed by atoms with van der Waals surface area (Å²) in [5.41, 5.74) is 0. The molecule has 12 heavy (non-hydrogen) atoms. The van der Waals surface area contributed by atoms with E-state index in [2.05, 4.69) is 26.1 Å². The van der Waals surface area contributed by atoms with Crippen LogP contribution in [0.15, 0.2) is 17.4 Å². The summed E-state index contributed by atoms with van der Waals surface area (Å²) in [5, 5.41) is 13.2. The first-order valence-electron chi connectivity index (χ1n) is 3.46. The van der Waals surface area contributed by atoms with Gasteiger partial charge in [-0.3, -0.25) is 0 Å². The molecule has 1 aromatic rings. The fourth-order valence-electron chi connectivity index (χ4n) is 0.950. The van der Waals surface area contributed by atoms with Gasteiger partial charge in [0.2, 0.25) is 0 Å². The highest BCUT2D eigenvalue weighted by Crippen LogP contribution is 1.97. The van der Waals surface area contributed by atoms with Gasteiger partial charge < -0.3 is 10.2 Å². The van der Waals surface area contributed by atoms with Crippen molar-refractivity contribution in [3.63, 3.8) is 0 Å². The maximum absolute atomic E-state index is 8.30. The van der Waals surface area contributed by atoms with Crippen molar-refractivity contribution >= 4 is 32.7 Å². The number of halogens is 1. The Hall–Kier alpha value is -1.03. The van der Waals surface area contributed by atoms with Gasteiger partial charge in [-0.25, -0.2) is 0 Å². The van der Waals surface area contributed by atoms with E-state index in [0.717, 1.165) is 15.1 Å². The summed E-state index contributed by atoms with van der Waals surface area (Å²) in [7, 11) is 0. The molecule has 1 heterocycles. The molecule has 4 heteroatoms. The molecule has 0 aromatic carbocycles. The van der Waals surface area contributed by atoms with E-state index in [9.17, 15) is 0 Å². The van der Waals surface area contributed by atoms with Crippen molar-refractivity contribution in [2.45, 2.75) is 6.92 Å². The molecule has 3 nitrogen and oxygen atoms in total. The normalized spacial score (nSPS) is 15.7. The number of aromatic amines is 1. The molecule has 0 amide bonds. The first kappa shape index (κ1) is 9.06. The van der Waals surface area contributed by atoms with E-state index in [-0.39, 0.29) is 0 Å². The van der Waals surface area contributed by atoms with Crippen LogP contribution in [0, 0.1) is 0 Å². The maximum Gasteiger partial charge on any atom is 0.0810 e. The second-order valence-corrected chi connectivity index (χ2v) is 3.04. The van der Waals surface area contributed by atoms with Crippen LogP contribution in [0.4, 0.5) is 0 Å². The van der Waals surface area contributed by atoms with Gasteiger partial charge in [0.1, 0.15) is 0 Å². The van der Waals surface area contributed by atoms with Crippen molar-refractivity contribution < 1.29 is 5.21 Å². The topological polar surface area (TPSA) is 48.4 Å². The summed E-state index contributed by atoms with van der Waals surface area (Å²) in [6.45, 7) is 1.94. The zero-order valence-corrected chi connectivity index (χ0v) is 8.17. The smallest absolute Gasteiger partial charge is 0.0810 e. The predicted octanol–water partition coefficient (Wildman–Crippen LogP) is 0.778. The van der Waals surface area contributed by atoms with E-state index in [1.54, 1.807) is 0 Å². The highest BCUT2D eigenvalue weighted by Gasteiger charge is 1.91. The van der Waals surface area contributed by atoms with E-state index in [0.29, 0.717) is 0 Å². The Morgan fingerprint density at radius 2 is 2.50 bits per heavy atom. The highest BCUT2D eigenvalue weighted by atomic mass is 79.9. The molecular weight excluding hydrogens is 220 g/mol. The Morgan fingerprint density at radius 3 is 3.08 bits per heavy atom. The van der Waals surface area contributed by atoms with Gasteiger partial charge in [-0.15, -0.1) is 0 Å². The lowest BCUT2D eigenvalue weighted by atomic mass is 10.4. The Bertz CT molecular complexity index is 391. The lowest BCUT2D eigenvalue weighted by Crippen LogP contribution is -2.23. The molecule has 0 unspecified atom stereocenters. The van der Waals surface area contributed by atoms with E-state index < -0.39 is 0 Å². The number of aromatic nitrogens is 1. The second kappa shape index (κ2) is 4.11. The van der Waals surface area contributed by atoms with Crippen LogP contribution in [-0.2, 0) is 0 Å². The minimum absolute atomic E-state index is 0.749. The number of hydrogen-bond donors (Lipinski definition) is 2. The second-order valence-electron chi connectivity index (χ2n) is 2.19. The molecule has 1 rings (SSSR count). The van der Waals surface area contributed by atoms with Gasteiger partial charge in [-0.1, -0.05) is 11.2 Å². The van der Waals surface area contributed by atoms with Crippen molar-refractivity contribution in [2.24, 2.45) is 5.16 Å². The van der Waals surface area contributed by atoms with Crippen molar-refractivity contribution in [3.8, 4) is 0 Å². The van der Waals surface area contributed by atoms with E-state index >= 15 is 0 Å². The Morgan fingerprint density at radius 1 is 1.75 bits per heavy atom. The number of rotatable bonds is 1. The summed E-state index contributed by atoms with van der Waals surface area (Å²) in [6.07, 6.45) is 5.12. The summed E-state index contributed by atoms with van der Waals surface area (Å²) < 4.78 is 0.749. The van der Waals surface area contributed by atoms with Gasteiger partial charge in [-0.2, -0.15) is 0 Å². The van der Waals surface area contributed by atoms with Crippen LogP contribution in [0.3, 0.4) is 0 Å². The third kappa shape index (κ3) is 1.76. The van der Waals surface area contributed by atoms with Crippen LogP contribution in [0.25, 0.3) is 10.6 Å². The van der Waals surface area contributed by atoms with E-state index in [4.69, 9.17) is 5.21 Å². The number of H-pyrrole nitrogens is 1. The summed E-state index contributed by atoms with van der Waals surface area (Å²) in [5.74, 6) is 0. The number of hydrogen-bond acceptors (Lipinski definition) is 2. The molecule has 0 aliphatic rings. The highest BCUT2D eigenvalue weighted by molar-refractivity contribution is 9.15. The van der Waals surface area contributed by atoms with E-state index in [1.807, 2.05) is 25.3 Å². The van der Waals surface area contributed by atoms with Gasteiger partial charge in [-0.05, 0) is 28.9 Å². The Balaban J connectivity index is 3.44. The van der Waals surface area contributed by atoms with Crippen molar-refractivity contribution in [1.82, 2.24) is 4.98 Å². The average Bonchev–Trinajstić information content (AvgIpc) is 2.51. The van der Waals surface area contributed by atoms with Crippen LogP contribution in [-0.4, -0.2) is 16.4 Å². The number of nitrogens with one attached hydrogen (secondary N) is 1. The zero-order chi connectivity index (χ0) is 8.97. The summed E-state index contributed by atoms with van der Waals surface area (Å²) in [6, 6.07) is 1.90. The van der Waals surface area contributed by atoms with E-state index in [1.165, 1.54) is 6.21 Å². The lowest BCUT2D eigenvalue weighted by molar-refractivity contribution is 0.322. The van der Waals surface area contributed by atoms with Crippen molar-refractivity contribution in [2.75, 3.05) is 0 Å². The molecule has 0 aliphatic heterocycles. The minimum Gasteiger partial charge on any atom is -0.411 e. The molecule has 0 bridgehead atoms. The van der Waals surface area contributed by atoms with Crippen LogP contribution in [0.1, 0.15) is 6.92 Å². The lowest BCUT2D eigenvalue weighted by Gasteiger charge is -1.83. The molecule has 64 valence electrons. The molecule has 0 spiro atoms. The molecule has 0 radical (unpaired) electrons. The summed E-state index contributed by atoms with van der Waals surface area (Å²) >= 11 is 3.28. The van der Waals surface area contributed by atoms with Gasteiger partial charge in [0.15, 0.2) is 0 Å². The van der Waals surface area contributed by atoms with Crippen LogP contribution in [0.5, 0.6) is 0 Å². The third-order valence-corrected chi connectivity index (χ3v) is 2.13. The predicted molar refractivity (Wildman–Crippen MR) is 52.8 cm³/mol. The first-order chi connectivity index (χ1) is 5.79. The largest absolute Gasteiger partial charge is 0.411 e. The molecule has 0 aliphatic carbocycles. The Labute approximate surface area is 78.2 Å². The van der Waals surface area contributed by atoms with Crippen molar-refractivity contribution in [3.05, 3.63) is 22.8 Å². The monoisotopic (exact) mass is 228 g/mol. The van der Waals surface area contributed by atoms with Gasteiger partial charge in [0.05, 0.1) is 6.21 Å². The average molecular weight is 229 g/mol. The fourth-order valence-corrected chi connectivity index (χ4v) is 1.39. The number of nitrogens with zero attached hydrogens (tertiary/aromatic N) is 1. The van der Waals surface area contributed by atoms with Crippen LogP contribution >= 0.6 is 15.9 Å². The minimum atomic E-state index is 0.749. The molecule has 1 aromatic heterocycles. The maximum atomic E-state index is 8.30. The summed E-state index contributed by atoms with van der Waals surface area (Å²) in [4.78, 5) is 3.05. The van der Waals surface area contributed by atoms with Gasteiger partial charge in [0.25, 0.3) is 0 Å². The number of oxime groups is 1. The quantitative estimate of drug-likeness (QED) is 0.417. The molecule has 0 saturated carbocycles. The van der Waals surface area contributed by atoms with Gasteiger partial charge >= 0.3 is 0 Å². The molecular formula is C8H9BrN2O. The van der Waals surface area contributed by atoms with Gasteiger partial charge in [0, 0.05) is 21.2 Å². The standard InChI is InChI=1S/C8H9BrN2O/c1-2-8-6(3-4-10-8)7(9)5-11-12/h2-5,10,12H,1H3/b7-6+,8-2+,11-5+. The zero-order valence-electron chi connectivity index (χ0n) is 6.58. The Kier molecular flexibility index (Phi) is 3.10. The SMILES string of the molecule is C/C=c1/[nH]cc/c1=C(Br)/C=N/O. The van der Waals surface area contributed by atoms with Crippen LogP contribution < -0.4 is 10.6 Å². The van der Waals surface area contributed by atoms with Crippen LogP contribution in [0.2, 0.25) is 0 Å². The third-order valence-electron chi connectivity index (χ3n) is 1.50. The molecule has 0 fully saturated rings. The molecule has 0 atom stereocenters.